The number of carbonyl (C=O) groups is 1. The van der Waals surface area contributed by atoms with E-state index in [1.807, 2.05) is 24.3 Å². The van der Waals surface area contributed by atoms with Crippen LogP contribution in [0.25, 0.3) is 0 Å². The Hall–Kier alpha value is -1.98. The topological polar surface area (TPSA) is 58.6 Å². The van der Waals surface area contributed by atoms with Crippen LogP contribution in [0.5, 0.6) is 11.5 Å². The first-order valence-electron chi connectivity index (χ1n) is 6.99. The Morgan fingerprint density at radius 2 is 1.68 bits per heavy atom. The lowest BCUT2D eigenvalue weighted by molar-refractivity contribution is -0.114. The summed E-state index contributed by atoms with van der Waals surface area (Å²) in [5.74, 6) is 2.02. The Kier molecular flexibility index (Phi) is 5.86. The molecule has 22 heavy (non-hydrogen) atoms. The maximum atomic E-state index is 11.0. The summed E-state index contributed by atoms with van der Waals surface area (Å²) in [7, 11) is 0. The van der Waals surface area contributed by atoms with Crippen molar-refractivity contribution in [1.29, 1.82) is 0 Å². The minimum atomic E-state index is -0.317. The fourth-order valence-corrected chi connectivity index (χ4v) is 2.53. The van der Waals surface area contributed by atoms with Crippen LogP contribution >= 0.6 is 11.8 Å². The minimum Gasteiger partial charge on any atom is -0.457 e. The highest BCUT2D eigenvalue weighted by Gasteiger charge is 2.01. The standard InChI is InChI=1S/C17H19NO3S/c1-12(19)11-22-17-9-7-16(8-10-17)21-15-5-3-14(4-6-15)18-13(2)20/h3-10,12,19H,11H2,1-2H3,(H,18,20). The predicted octanol–water partition coefficient (Wildman–Crippen LogP) is 3.91. The molecule has 0 saturated carbocycles. The van der Waals surface area contributed by atoms with Gasteiger partial charge in [-0.2, -0.15) is 0 Å². The molecule has 1 amide bonds. The number of aliphatic hydroxyl groups excluding tert-OH is 1. The molecule has 0 fully saturated rings. The number of rotatable bonds is 6. The molecule has 0 aromatic heterocycles. The second-order valence-corrected chi connectivity index (χ2v) is 6.03. The summed E-state index contributed by atoms with van der Waals surface area (Å²) < 4.78 is 5.75. The lowest BCUT2D eigenvalue weighted by atomic mass is 10.3. The first kappa shape index (κ1) is 16.4. The summed E-state index contributed by atoms with van der Waals surface area (Å²) in [5.41, 5.74) is 0.740. The molecule has 0 aliphatic carbocycles. The molecule has 2 N–H and O–H groups in total. The highest BCUT2D eigenvalue weighted by Crippen LogP contribution is 2.26. The van der Waals surface area contributed by atoms with E-state index in [0.29, 0.717) is 11.5 Å². The Balaban J connectivity index is 1.94. The molecule has 0 radical (unpaired) electrons. The minimum absolute atomic E-state index is 0.0982. The summed E-state index contributed by atoms with van der Waals surface area (Å²) in [6.07, 6.45) is -0.317. The first-order chi connectivity index (χ1) is 10.5. The predicted molar refractivity (Wildman–Crippen MR) is 89.7 cm³/mol. The molecule has 0 aliphatic rings. The van der Waals surface area contributed by atoms with Gasteiger partial charge in [0.05, 0.1) is 6.10 Å². The molecule has 4 nitrogen and oxygen atoms in total. The van der Waals surface area contributed by atoms with Crippen molar-refractivity contribution >= 4 is 23.4 Å². The van der Waals surface area contributed by atoms with E-state index in [0.717, 1.165) is 16.3 Å². The van der Waals surface area contributed by atoms with E-state index in [4.69, 9.17) is 4.74 Å². The van der Waals surface area contributed by atoms with Crippen molar-refractivity contribution in [3.05, 3.63) is 48.5 Å². The van der Waals surface area contributed by atoms with Crippen LogP contribution < -0.4 is 10.1 Å². The Labute approximate surface area is 134 Å². The highest BCUT2D eigenvalue weighted by molar-refractivity contribution is 7.99. The van der Waals surface area contributed by atoms with E-state index < -0.39 is 0 Å². The van der Waals surface area contributed by atoms with Crippen LogP contribution in [0.2, 0.25) is 0 Å². The van der Waals surface area contributed by atoms with E-state index in [-0.39, 0.29) is 12.0 Å². The molecule has 2 rings (SSSR count). The van der Waals surface area contributed by atoms with Gasteiger partial charge in [-0.25, -0.2) is 0 Å². The van der Waals surface area contributed by atoms with Crippen molar-refractivity contribution in [2.75, 3.05) is 11.1 Å². The second-order valence-electron chi connectivity index (χ2n) is 4.94. The third-order valence-corrected chi connectivity index (χ3v) is 3.98. The molecule has 5 heteroatoms. The van der Waals surface area contributed by atoms with Gasteiger partial charge in [-0.05, 0) is 55.5 Å². The molecular weight excluding hydrogens is 298 g/mol. The largest absolute Gasteiger partial charge is 0.457 e. The number of hydrogen-bond acceptors (Lipinski definition) is 4. The number of amides is 1. The van der Waals surface area contributed by atoms with Gasteiger partial charge in [0.1, 0.15) is 11.5 Å². The van der Waals surface area contributed by atoms with Crippen molar-refractivity contribution in [2.24, 2.45) is 0 Å². The third-order valence-electron chi connectivity index (χ3n) is 2.73. The van der Waals surface area contributed by atoms with Gasteiger partial charge in [-0.15, -0.1) is 11.8 Å². The van der Waals surface area contributed by atoms with Crippen LogP contribution in [0, 0.1) is 0 Å². The Morgan fingerprint density at radius 1 is 1.14 bits per heavy atom. The molecule has 0 bridgehead atoms. The number of thioether (sulfide) groups is 1. The molecule has 2 aromatic carbocycles. The molecule has 0 aliphatic heterocycles. The molecular formula is C17H19NO3S. The summed E-state index contributed by atoms with van der Waals surface area (Å²) in [5, 5.41) is 12.0. The smallest absolute Gasteiger partial charge is 0.221 e. The van der Waals surface area contributed by atoms with Crippen LogP contribution in [0.4, 0.5) is 5.69 Å². The Morgan fingerprint density at radius 3 is 2.18 bits per heavy atom. The average molecular weight is 317 g/mol. The zero-order chi connectivity index (χ0) is 15.9. The summed E-state index contributed by atoms with van der Waals surface area (Å²) >= 11 is 1.61. The summed E-state index contributed by atoms with van der Waals surface area (Å²) in [6, 6.07) is 14.9. The van der Waals surface area contributed by atoms with E-state index in [1.54, 1.807) is 43.0 Å². The lowest BCUT2D eigenvalue weighted by Crippen LogP contribution is -2.05. The van der Waals surface area contributed by atoms with Gasteiger partial charge in [0.25, 0.3) is 0 Å². The molecule has 0 heterocycles. The van der Waals surface area contributed by atoms with Crippen LogP contribution in [0.1, 0.15) is 13.8 Å². The van der Waals surface area contributed by atoms with Gasteiger partial charge in [0, 0.05) is 23.3 Å². The molecule has 116 valence electrons. The van der Waals surface area contributed by atoms with Gasteiger partial charge in [0.2, 0.25) is 5.91 Å². The van der Waals surface area contributed by atoms with Crippen LogP contribution in [0.3, 0.4) is 0 Å². The Bertz CT molecular complexity index is 609. The number of ether oxygens (including phenoxy) is 1. The fraction of sp³-hybridized carbons (Fsp3) is 0.235. The van der Waals surface area contributed by atoms with Gasteiger partial charge in [0.15, 0.2) is 0 Å². The normalized spacial score (nSPS) is 11.8. The number of aliphatic hydroxyl groups is 1. The maximum absolute atomic E-state index is 11.0. The summed E-state index contributed by atoms with van der Waals surface area (Å²) in [4.78, 5) is 12.0. The number of nitrogens with one attached hydrogen (secondary N) is 1. The monoisotopic (exact) mass is 317 g/mol. The van der Waals surface area contributed by atoms with Gasteiger partial charge >= 0.3 is 0 Å². The zero-order valence-corrected chi connectivity index (χ0v) is 13.4. The van der Waals surface area contributed by atoms with Crippen LogP contribution in [0.15, 0.2) is 53.4 Å². The molecule has 0 saturated heterocycles. The van der Waals surface area contributed by atoms with Crippen molar-refractivity contribution in [1.82, 2.24) is 0 Å². The molecule has 1 unspecified atom stereocenters. The number of anilines is 1. The van der Waals surface area contributed by atoms with Crippen LogP contribution in [-0.2, 0) is 4.79 Å². The average Bonchev–Trinajstić information content (AvgIpc) is 2.48. The SMILES string of the molecule is CC(=O)Nc1ccc(Oc2ccc(SCC(C)O)cc2)cc1. The molecule has 0 spiro atoms. The second kappa shape index (κ2) is 7.87. The summed E-state index contributed by atoms with van der Waals surface area (Å²) in [6.45, 7) is 3.25. The van der Waals surface area contributed by atoms with Crippen molar-refractivity contribution in [3.8, 4) is 11.5 Å². The van der Waals surface area contributed by atoms with E-state index >= 15 is 0 Å². The van der Waals surface area contributed by atoms with Gasteiger partial charge < -0.3 is 15.2 Å². The zero-order valence-electron chi connectivity index (χ0n) is 12.6. The highest BCUT2D eigenvalue weighted by atomic mass is 32.2. The van der Waals surface area contributed by atoms with Crippen molar-refractivity contribution < 1.29 is 14.6 Å². The van der Waals surface area contributed by atoms with E-state index in [9.17, 15) is 9.90 Å². The van der Waals surface area contributed by atoms with E-state index in [2.05, 4.69) is 5.32 Å². The maximum Gasteiger partial charge on any atom is 0.221 e. The van der Waals surface area contributed by atoms with Gasteiger partial charge in [-0.3, -0.25) is 4.79 Å². The third kappa shape index (κ3) is 5.42. The number of benzene rings is 2. The van der Waals surface area contributed by atoms with Crippen LogP contribution in [-0.4, -0.2) is 22.9 Å². The fourth-order valence-electron chi connectivity index (χ4n) is 1.77. The molecule has 1 atom stereocenters. The van der Waals surface area contributed by atoms with Gasteiger partial charge in [-0.1, -0.05) is 0 Å². The molecule has 2 aromatic rings. The van der Waals surface area contributed by atoms with Crippen molar-refractivity contribution in [3.63, 3.8) is 0 Å². The number of hydrogen-bond donors (Lipinski definition) is 2. The lowest BCUT2D eigenvalue weighted by Gasteiger charge is -2.08. The van der Waals surface area contributed by atoms with Crippen molar-refractivity contribution in [2.45, 2.75) is 24.8 Å². The van der Waals surface area contributed by atoms with E-state index in [1.165, 1.54) is 6.92 Å². The number of carbonyl (C=O) groups excluding carboxylic acids is 1. The first-order valence-corrected chi connectivity index (χ1v) is 7.98. The quantitative estimate of drug-likeness (QED) is 0.793.